The smallest absolute Gasteiger partial charge is 0.433 e. The number of nitrogens with one attached hydrogen (secondary N) is 1. The van der Waals surface area contributed by atoms with Crippen molar-refractivity contribution in [2.24, 2.45) is 0 Å². The largest absolute Gasteiger partial charge is 0.463 e. The zero-order chi connectivity index (χ0) is 18.6. The number of aromatic nitrogens is 2. The lowest BCUT2D eigenvalue weighted by Crippen LogP contribution is -2.45. The Morgan fingerprint density at radius 2 is 2.04 bits per heavy atom. The van der Waals surface area contributed by atoms with E-state index >= 15 is 0 Å². The Labute approximate surface area is 152 Å². The van der Waals surface area contributed by atoms with Crippen LogP contribution in [0.5, 0.6) is 0 Å². The van der Waals surface area contributed by atoms with E-state index in [0.29, 0.717) is 0 Å². The van der Waals surface area contributed by atoms with Crippen LogP contribution in [0.3, 0.4) is 0 Å². The van der Waals surface area contributed by atoms with Crippen molar-refractivity contribution in [2.75, 3.05) is 18.8 Å². The summed E-state index contributed by atoms with van der Waals surface area (Å²) in [6, 6.07) is 3.90. The average molecular weight is 386 g/mol. The molecule has 10 heteroatoms. The number of furan rings is 1. The Bertz CT molecular complexity index is 746. The van der Waals surface area contributed by atoms with Crippen LogP contribution in [-0.4, -0.2) is 39.7 Å². The third-order valence-electron chi connectivity index (χ3n) is 3.74. The molecule has 6 nitrogen and oxygen atoms in total. The van der Waals surface area contributed by atoms with Crippen molar-refractivity contribution in [3.05, 3.63) is 30.2 Å². The molecule has 0 atom stereocenters. The van der Waals surface area contributed by atoms with Gasteiger partial charge < -0.3 is 4.42 Å². The minimum atomic E-state index is -4.62. The van der Waals surface area contributed by atoms with Gasteiger partial charge in [-0.3, -0.25) is 10.2 Å². The number of amides is 1. The van der Waals surface area contributed by atoms with Crippen LogP contribution in [0.15, 0.2) is 34.0 Å². The number of nitrogens with zero attached hydrogens (tertiary/aromatic N) is 3. The molecule has 1 amide bonds. The summed E-state index contributed by atoms with van der Waals surface area (Å²) in [5, 5.41) is 1.70. The Kier molecular flexibility index (Phi) is 5.82. The first-order chi connectivity index (χ1) is 12.4. The van der Waals surface area contributed by atoms with Crippen molar-refractivity contribution in [1.82, 2.24) is 20.4 Å². The molecule has 0 saturated carbocycles. The van der Waals surface area contributed by atoms with Crippen LogP contribution in [0.1, 0.15) is 25.0 Å². The maximum absolute atomic E-state index is 13.1. The number of alkyl halides is 3. The Morgan fingerprint density at radius 1 is 1.27 bits per heavy atom. The van der Waals surface area contributed by atoms with Gasteiger partial charge >= 0.3 is 6.18 Å². The zero-order valence-electron chi connectivity index (χ0n) is 13.8. The zero-order valence-corrected chi connectivity index (χ0v) is 14.6. The first-order valence-electron chi connectivity index (χ1n) is 8.09. The fourth-order valence-electron chi connectivity index (χ4n) is 2.53. The second-order valence-electron chi connectivity index (χ2n) is 5.77. The van der Waals surface area contributed by atoms with Gasteiger partial charge in [-0.15, -0.1) is 0 Å². The Balaban J connectivity index is 1.70. The quantitative estimate of drug-likeness (QED) is 0.628. The number of hydrazine groups is 1. The number of carbonyl (C=O) groups excluding carboxylic acids is 1. The summed E-state index contributed by atoms with van der Waals surface area (Å²) < 4.78 is 44.4. The summed E-state index contributed by atoms with van der Waals surface area (Å²) in [4.78, 5) is 19.6. The van der Waals surface area contributed by atoms with Crippen molar-refractivity contribution in [3.63, 3.8) is 0 Å². The van der Waals surface area contributed by atoms with Crippen molar-refractivity contribution in [1.29, 1.82) is 0 Å². The molecular weight excluding hydrogens is 369 g/mol. The maximum atomic E-state index is 13.1. The summed E-state index contributed by atoms with van der Waals surface area (Å²) >= 11 is 0.856. The van der Waals surface area contributed by atoms with Crippen molar-refractivity contribution < 1.29 is 22.4 Å². The molecule has 3 rings (SSSR count). The third kappa shape index (κ3) is 4.98. The van der Waals surface area contributed by atoms with Gasteiger partial charge in [-0.25, -0.2) is 15.0 Å². The summed E-state index contributed by atoms with van der Waals surface area (Å²) in [5.74, 6) is -0.162. The second-order valence-corrected chi connectivity index (χ2v) is 6.71. The van der Waals surface area contributed by atoms with Gasteiger partial charge in [0.15, 0.2) is 10.9 Å². The standard InChI is InChI=1S/C16H17F3N4O2S/c17-16(18,19)13-9-11(12-5-4-8-25-12)20-15(21-13)26-10-14(24)22-23-6-2-1-3-7-23/h4-5,8-9H,1-3,6-7,10H2,(H,22,24). The van der Waals surface area contributed by atoms with Crippen LogP contribution in [-0.2, 0) is 11.0 Å². The van der Waals surface area contributed by atoms with Gasteiger partial charge in [-0.1, -0.05) is 18.2 Å². The van der Waals surface area contributed by atoms with Crippen LogP contribution in [0.25, 0.3) is 11.5 Å². The van der Waals surface area contributed by atoms with Crippen molar-refractivity contribution >= 4 is 17.7 Å². The van der Waals surface area contributed by atoms with Gasteiger partial charge in [-0.2, -0.15) is 13.2 Å². The van der Waals surface area contributed by atoms with Crippen molar-refractivity contribution in [3.8, 4) is 11.5 Å². The van der Waals surface area contributed by atoms with E-state index in [0.717, 1.165) is 50.2 Å². The molecule has 1 N–H and O–H groups in total. The number of halogens is 3. The fourth-order valence-corrected chi connectivity index (χ4v) is 3.18. The molecule has 2 aromatic heterocycles. The van der Waals surface area contributed by atoms with Gasteiger partial charge in [0.1, 0.15) is 11.4 Å². The minimum Gasteiger partial charge on any atom is -0.463 e. The lowest BCUT2D eigenvalue weighted by molar-refractivity contribution is -0.141. The highest BCUT2D eigenvalue weighted by Crippen LogP contribution is 2.32. The van der Waals surface area contributed by atoms with E-state index in [2.05, 4.69) is 15.4 Å². The average Bonchev–Trinajstić information content (AvgIpc) is 3.14. The van der Waals surface area contributed by atoms with E-state index in [9.17, 15) is 18.0 Å². The number of hydrogen-bond acceptors (Lipinski definition) is 6. The highest BCUT2D eigenvalue weighted by molar-refractivity contribution is 7.99. The SMILES string of the molecule is O=C(CSc1nc(-c2ccco2)cc(C(F)(F)F)n1)NN1CCCCC1. The fraction of sp³-hybridized carbons (Fsp3) is 0.438. The van der Waals surface area contributed by atoms with Gasteiger partial charge in [0.25, 0.3) is 0 Å². The molecule has 140 valence electrons. The summed E-state index contributed by atoms with van der Waals surface area (Å²) in [5.41, 5.74) is 1.71. The molecule has 0 aliphatic carbocycles. The molecule has 0 spiro atoms. The van der Waals surface area contributed by atoms with Crippen LogP contribution >= 0.6 is 11.8 Å². The van der Waals surface area contributed by atoms with Crippen LogP contribution in [0.2, 0.25) is 0 Å². The first-order valence-corrected chi connectivity index (χ1v) is 9.08. The normalized spacial score (nSPS) is 15.8. The Hall–Kier alpha value is -2.07. The van der Waals surface area contributed by atoms with E-state index in [1.54, 1.807) is 6.07 Å². The number of hydrogen-bond donors (Lipinski definition) is 1. The van der Waals surface area contributed by atoms with Gasteiger partial charge in [0.2, 0.25) is 5.91 Å². The molecule has 0 radical (unpaired) electrons. The lowest BCUT2D eigenvalue weighted by Gasteiger charge is -2.26. The van der Waals surface area contributed by atoms with Gasteiger partial charge in [-0.05, 0) is 31.0 Å². The van der Waals surface area contributed by atoms with Crippen LogP contribution in [0.4, 0.5) is 13.2 Å². The molecular formula is C16H17F3N4O2S. The van der Waals surface area contributed by atoms with E-state index in [1.807, 2.05) is 5.01 Å². The number of carbonyl (C=O) groups is 1. The predicted molar refractivity (Wildman–Crippen MR) is 89.0 cm³/mol. The highest BCUT2D eigenvalue weighted by Gasteiger charge is 2.34. The molecule has 0 bridgehead atoms. The number of rotatable bonds is 5. The molecule has 0 unspecified atom stereocenters. The maximum Gasteiger partial charge on any atom is 0.433 e. The molecule has 0 aromatic carbocycles. The molecule has 1 aliphatic rings. The Morgan fingerprint density at radius 3 is 2.69 bits per heavy atom. The summed E-state index contributed by atoms with van der Waals surface area (Å²) in [6.45, 7) is 1.55. The van der Waals surface area contributed by atoms with E-state index in [4.69, 9.17) is 4.42 Å². The first kappa shape index (κ1) is 18.7. The van der Waals surface area contributed by atoms with Gasteiger partial charge in [0, 0.05) is 13.1 Å². The van der Waals surface area contributed by atoms with Gasteiger partial charge in [0.05, 0.1) is 12.0 Å². The van der Waals surface area contributed by atoms with E-state index in [1.165, 1.54) is 12.3 Å². The highest BCUT2D eigenvalue weighted by atomic mass is 32.2. The molecule has 3 heterocycles. The molecule has 1 fully saturated rings. The van der Waals surface area contributed by atoms with Crippen molar-refractivity contribution in [2.45, 2.75) is 30.6 Å². The topological polar surface area (TPSA) is 71.3 Å². The summed E-state index contributed by atoms with van der Waals surface area (Å²) in [6.07, 6.45) is -0.110. The van der Waals surface area contributed by atoms with Crippen LogP contribution in [0, 0.1) is 0 Å². The minimum absolute atomic E-state index is 0.0243. The second kappa shape index (κ2) is 8.09. The molecule has 1 aliphatic heterocycles. The van der Waals surface area contributed by atoms with E-state index < -0.39 is 11.9 Å². The molecule has 1 saturated heterocycles. The monoisotopic (exact) mass is 386 g/mol. The lowest BCUT2D eigenvalue weighted by atomic mass is 10.2. The molecule has 2 aromatic rings. The number of piperidine rings is 1. The summed E-state index contributed by atoms with van der Waals surface area (Å²) in [7, 11) is 0. The molecule has 26 heavy (non-hydrogen) atoms. The number of thioether (sulfide) groups is 1. The predicted octanol–water partition coefficient (Wildman–Crippen LogP) is 3.36. The van der Waals surface area contributed by atoms with E-state index in [-0.39, 0.29) is 28.3 Å². The van der Waals surface area contributed by atoms with Crippen LogP contribution < -0.4 is 5.43 Å². The third-order valence-corrected chi connectivity index (χ3v) is 4.59.